The molecule has 2 rings (SSSR count). The van der Waals surface area contributed by atoms with Crippen molar-refractivity contribution in [2.24, 2.45) is 0 Å². The highest BCUT2D eigenvalue weighted by molar-refractivity contribution is 5.81. The fourth-order valence-electron chi connectivity index (χ4n) is 2.18. The van der Waals surface area contributed by atoms with E-state index in [-0.39, 0.29) is 12.1 Å². The minimum absolute atomic E-state index is 0.326. The zero-order valence-electron chi connectivity index (χ0n) is 14.5. The molecule has 4 heteroatoms. The van der Waals surface area contributed by atoms with E-state index >= 15 is 0 Å². The Morgan fingerprint density at radius 2 is 1.56 bits per heavy atom. The van der Waals surface area contributed by atoms with Gasteiger partial charge in [0.25, 0.3) is 0 Å². The predicted octanol–water partition coefficient (Wildman–Crippen LogP) is 3.91. The second kappa shape index (κ2) is 11.2. The first kappa shape index (κ1) is 18.9. The number of benzene rings is 2. The van der Waals surface area contributed by atoms with Crippen molar-refractivity contribution in [3.63, 3.8) is 0 Å². The second-order valence-electron chi connectivity index (χ2n) is 5.45. The van der Waals surface area contributed by atoms with Gasteiger partial charge in [0.05, 0.1) is 32.5 Å². The summed E-state index contributed by atoms with van der Waals surface area (Å²) in [4.78, 5) is 11.5. The number of rotatable bonds is 10. The first-order valence-corrected chi connectivity index (χ1v) is 8.40. The first-order chi connectivity index (χ1) is 12.3. The Morgan fingerprint density at radius 3 is 2.16 bits per heavy atom. The van der Waals surface area contributed by atoms with Gasteiger partial charge in [-0.3, -0.25) is 0 Å². The van der Waals surface area contributed by atoms with Crippen LogP contribution in [0.15, 0.2) is 72.8 Å². The van der Waals surface area contributed by atoms with Crippen molar-refractivity contribution in [2.75, 3.05) is 13.2 Å². The molecule has 0 aromatic heterocycles. The lowest BCUT2D eigenvalue weighted by Gasteiger charge is -2.15. The highest BCUT2D eigenvalue weighted by Gasteiger charge is 2.08. The number of esters is 1. The van der Waals surface area contributed by atoms with Gasteiger partial charge in [-0.15, -0.1) is 0 Å². The van der Waals surface area contributed by atoms with Crippen molar-refractivity contribution in [2.45, 2.75) is 26.2 Å². The van der Waals surface area contributed by atoms with Crippen LogP contribution in [-0.2, 0) is 32.2 Å². The van der Waals surface area contributed by atoms with Crippen molar-refractivity contribution in [1.82, 2.24) is 0 Å². The molecule has 0 spiro atoms. The summed E-state index contributed by atoms with van der Waals surface area (Å²) in [6.07, 6.45) is 2.75. The largest absolute Gasteiger partial charge is 0.463 e. The number of carbonyl (C=O) groups excluding carboxylic acids is 1. The molecule has 2 aromatic carbocycles. The van der Waals surface area contributed by atoms with E-state index in [0.717, 1.165) is 11.1 Å². The SMILES string of the molecule is CCOC(=O)/C=C/[C@@H](COCc1ccccc1)OCc1ccccc1. The average Bonchev–Trinajstić information content (AvgIpc) is 2.65. The van der Waals surface area contributed by atoms with E-state index in [4.69, 9.17) is 14.2 Å². The van der Waals surface area contributed by atoms with E-state index < -0.39 is 0 Å². The zero-order valence-corrected chi connectivity index (χ0v) is 14.5. The van der Waals surface area contributed by atoms with Crippen molar-refractivity contribution in [3.05, 3.63) is 83.9 Å². The van der Waals surface area contributed by atoms with Crippen molar-refractivity contribution in [3.8, 4) is 0 Å². The van der Waals surface area contributed by atoms with Crippen LogP contribution in [0.4, 0.5) is 0 Å². The normalized spacial score (nSPS) is 12.2. The monoisotopic (exact) mass is 340 g/mol. The standard InChI is InChI=1S/C21H24O4/c1-2-24-21(22)14-13-20(25-16-19-11-7-4-8-12-19)17-23-15-18-9-5-3-6-10-18/h3-14,20H,2,15-17H2,1H3/b14-13+/t20-/m0/s1. The van der Waals surface area contributed by atoms with Crippen LogP contribution < -0.4 is 0 Å². The Labute approximate surface area is 149 Å². The molecular weight excluding hydrogens is 316 g/mol. The summed E-state index contributed by atoms with van der Waals surface area (Å²) >= 11 is 0. The minimum atomic E-state index is -0.376. The van der Waals surface area contributed by atoms with Crippen LogP contribution in [0.3, 0.4) is 0 Å². The van der Waals surface area contributed by atoms with E-state index in [1.165, 1.54) is 6.08 Å². The van der Waals surface area contributed by atoms with Gasteiger partial charge in [-0.2, -0.15) is 0 Å². The molecule has 0 fully saturated rings. The molecule has 0 bridgehead atoms. The van der Waals surface area contributed by atoms with Crippen LogP contribution in [0.2, 0.25) is 0 Å². The van der Waals surface area contributed by atoms with E-state index in [2.05, 4.69) is 0 Å². The van der Waals surface area contributed by atoms with Crippen LogP contribution in [0.5, 0.6) is 0 Å². The molecule has 0 heterocycles. The van der Waals surface area contributed by atoms with Crippen LogP contribution in [0, 0.1) is 0 Å². The smallest absolute Gasteiger partial charge is 0.330 e. The number of carbonyl (C=O) groups is 1. The van der Waals surface area contributed by atoms with Gasteiger partial charge in [0, 0.05) is 6.08 Å². The van der Waals surface area contributed by atoms with Crippen molar-refractivity contribution in [1.29, 1.82) is 0 Å². The van der Waals surface area contributed by atoms with Gasteiger partial charge in [0.2, 0.25) is 0 Å². The van der Waals surface area contributed by atoms with Crippen LogP contribution >= 0.6 is 0 Å². The van der Waals surface area contributed by atoms with Crippen LogP contribution in [-0.4, -0.2) is 25.3 Å². The lowest BCUT2D eigenvalue weighted by atomic mass is 10.2. The highest BCUT2D eigenvalue weighted by atomic mass is 16.5. The topological polar surface area (TPSA) is 44.8 Å². The second-order valence-corrected chi connectivity index (χ2v) is 5.45. The van der Waals surface area contributed by atoms with Crippen molar-refractivity contribution >= 4 is 5.97 Å². The summed E-state index contributed by atoms with van der Waals surface area (Å²) in [5, 5.41) is 0. The lowest BCUT2D eigenvalue weighted by molar-refractivity contribution is -0.137. The third kappa shape index (κ3) is 7.79. The Morgan fingerprint density at radius 1 is 0.960 bits per heavy atom. The molecule has 0 saturated carbocycles. The van der Waals surface area contributed by atoms with E-state index in [9.17, 15) is 4.79 Å². The van der Waals surface area contributed by atoms with Gasteiger partial charge in [0.1, 0.15) is 0 Å². The molecule has 0 aliphatic heterocycles. The molecule has 0 radical (unpaired) electrons. The van der Waals surface area contributed by atoms with Gasteiger partial charge >= 0.3 is 5.97 Å². The maximum absolute atomic E-state index is 11.5. The Balaban J connectivity index is 1.87. The number of ether oxygens (including phenoxy) is 3. The van der Waals surface area contributed by atoms with E-state index in [0.29, 0.717) is 26.4 Å². The average molecular weight is 340 g/mol. The molecule has 0 saturated heterocycles. The van der Waals surface area contributed by atoms with Crippen LogP contribution in [0.1, 0.15) is 18.1 Å². The van der Waals surface area contributed by atoms with Gasteiger partial charge in [0.15, 0.2) is 0 Å². The fourth-order valence-corrected chi connectivity index (χ4v) is 2.18. The summed E-state index contributed by atoms with van der Waals surface area (Å²) in [5.74, 6) is -0.376. The maximum Gasteiger partial charge on any atom is 0.330 e. The van der Waals surface area contributed by atoms with Crippen LogP contribution in [0.25, 0.3) is 0 Å². The Bertz CT molecular complexity index is 637. The third-order valence-corrected chi connectivity index (χ3v) is 3.43. The number of hydrogen-bond donors (Lipinski definition) is 0. The predicted molar refractivity (Wildman–Crippen MR) is 96.9 cm³/mol. The molecule has 0 aliphatic rings. The molecule has 0 aliphatic carbocycles. The summed E-state index contributed by atoms with van der Waals surface area (Å²) in [6, 6.07) is 19.8. The molecule has 4 nitrogen and oxygen atoms in total. The van der Waals surface area contributed by atoms with Gasteiger partial charge in [-0.1, -0.05) is 60.7 Å². The molecule has 1 atom stereocenters. The summed E-state index contributed by atoms with van der Waals surface area (Å²) in [7, 11) is 0. The van der Waals surface area contributed by atoms with E-state index in [1.54, 1.807) is 13.0 Å². The van der Waals surface area contributed by atoms with Gasteiger partial charge in [-0.25, -0.2) is 4.79 Å². The molecule has 25 heavy (non-hydrogen) atoms. The summed E-state index contributed by atoms with van der Waals surface area (Å²) < 4.78 is 16.5. The third-order valence-electron chi connectivity index (χ3n) is 3.43. The zero-order chi connectivity index (χ0) is 17.7. The van der Waals surface area contributed by atoms with Gasteiger partial charge in [-0.05, 0) is 24.1 Å². The van der Waals surface area contributed by atoms with Gasteiger partial charge < -0.3 is 14.2 Å². The maximum atomic E-state index is 11.5. The minimum Gasteiger partial charge on any atom is -0.463 e. The van der Waals surface area contributed by atoms with Crippen molar-refractivity contribution < 1.29 is 19.0 Å². The lowest BCUT2D eigenvalue weighted by Crippen LogP contribution is -2.18. The molecule has 132 valence electrons. The van der Waals surface area contributed by atoms with E-state index in [1.807, 2.05) is 60.7 Å². The number of hydrogen-bond acceptors (Lipinski definition) is 4. The molecule has 0 amide bonds. The molecular formula is C21H24O4. The Hall–Kier alpha value is -2.43. The summed E-state index contributed by atoms with van der Waals surface area (Å²) in [5.41, 5.74) is 2.17. The quantitative estimate of drug-likeness (QED) is 0.486. The summed E-state index contributed by atoms with van der Waals surface area (Å²) in [6.45, 7) is 3.44. The fraction of sp³-hybridized carbons (Fsp3) is 0.286. The Kier molecular flexibility index (Phi) is 8.45. The molecule has 2 aromatic rings. The molecule has 0 unspecified atom stereocenters. The molecule has 0 N–H and O–H groups in total. The highest BCUT2D eigenvalue weighted by Crippen LogP contribution is 2.07. The first-order valence-electron chi connectivity index (χ1n) is 8.40.